The standard InChI is InChI=1S/C32H37N9O2/c1-3-5-21-13-15-34-26(18-21)37-32(43)23-9-7-22(8-10-23)29-28-30(33)35-20-36-31(28)41(38-29)25-14-17-40(19-25)27(42)6-4-16-39(2)24-11-12-24/h4,6-10,13,15,18,20,24-25H,3,5,11-12,14,16-17,19H2,1-2H3,(H2,33,35,36)(H,34,37,43)/t25-/m1/s1. The maximum absolute atomic E-state index is 12.9. The summed E-state index contributed by atoms with van der Waals surface area (Å²) in [4.78, 5) is 43.0. The number of aryl methyl sites for hydroxylation is 1. The number of nitrogen functional groups attached to an aromatic ring is 1. The van der Waals surface area contributed by atoms with Crippen molar-refractivity contribution in [2.75, 3.05) is 37.7 Å². The van der Waals surface area contributed by atoms with Crippen molar-refractivity contribution in [3.8, 4) is 11.3 Å². The minimum atomic E-state index is -0.241. The van der Waals surface area contributed by atoms with Crippen LogP contribution in [0.4, 0.5) is 11.6 Å². The molecule has 2 amide bonds. The van der Waals surface area contributed by atoms with Crippen molar-refractivity contribution < 1.29 is 9.59 Å². The second kappa shape index (κ2) is 12.3. The average Bonchev–Trinajstić information content (AvgIpc) is 3.62. The minimum Gasteiger partial charge on any atom is -0.383 e. The van der Waals surface area contributed by atoms with Gasteiger partial charge in [0.05, 0.1) is 11.4 Å². The first-order valence-electron chi connectivity index (χ1n) is 14.9. The van der Waals surface area contributed by atoms with Crippen LogP contribution < -0.4 is 11.1 Å². The topological polar surface area (TPSA) is 135 Å². The quantitative estimate of drug-likeness (QED) is 0.268. The summed E-state index contributed by atoms with van der Waals surface area (Å²) in [6, 6.07) is 11.7. The Morgan fingerprint density at radius 3 is 2.70 bits per heavy atom. The van der Waals surface area contributed by atoms with Gasteiger partial charge in [0.25, 0.3) is 5.91 Å². The van der Waals surface area contributed by atoms with Gasteiger partial charge < -0.3 is 16.0 Å². The fraction of sp³-hybridized carbons (Fsp3) is 0.375. The molecule has 4 heterocycles. The summed E-state index contributed by atoms with van der Waals surface area (Å²) >= 11 is 0. The molecule has 1 saturated carbocycles. The molecule has 2 fully saturated rings. The molecule has 1 aliphatic heterocycles. The molecule has 0 spiro atoms. The van der Waals surface area contributed by atoms with E-state index in [4.69, 9.17) is 10.8 Å². The number of carbonyl (C=O) groups excluding carboxylic acids is 2. The molecule has 1 aliphatic carbocycles. The van der Waals surface area contributed by atoms with Crippen molar-refractivity contribution in [3.05, 3.63) is 72.2 Å². The Bertz CT molecular complexity index is 1660. The lowest BCUT2D eigenvalue weighted by molar-refractivity contribution is -0.125. The van der Waals surface area contributed by atoms with E-state index in [9.17, 15) is 9.59 Å². The highest BCUT2D eigenvalue weighted by molar-refractivity contribution is 6.04. The molecule has 4 aromatic rings. The number of likely N-dealkylation sites (tertiary alicyclic amines) is 1. The van der Waals surface area contributed by atoms with E-state index in [1.165, 1.54) is 19.2 Å². The molecular formula is C32H37N9O2. The predicted octanol–water partition coefficient (Wildman–Crippen LogP) is 4.10. The maximum Gasteiger partial charge on any atom is 0.256 e. The lowest BCUT2D eigenvalue weighted by Crippen LogP contribution is -2.28. The molecule has 11 nitrogen and oxygen atoms in total. The lowest BCUT2D eigenvalue weighted by Gasteiger charge is -2.16. The molecule has 6 rings (SSSR count). The van der Waals surface area contributed by atoms with Crippen molar-refractivity contribution in [2.45, 2.75) is 51.1 Å². The van der Waals surface area contributed by atoms with E-state index in [1.807, 2.05) is 39.9 Å². The normalized spacial score (nSPS) is 16.9. The highest BCUT2D eigenvalue weighted by atomic mass is 16.2. The zero-order valence-electron chi connectivity index (χ0n) is 24.6. The van der Waals surface area contributed by atoms with Crippen molar-refractivity contribution in [2.24, 2.45) is 0 Å². The molecule has 2 aliphatic rings. The van der Waals surface area contributed by atoms with E-state index < -0.39 is 0 Å². The number of anilines is 2. The fourth-order valence-corrected chi connectivity index (χ4v) is 5.64. The number of likely N-dealkylation sites (N-methyl/N-ethyl adjacent to an activating group) is 1. The summed E-state index contributed by atoms with van der Waals surface area (Å²) < 4.78 is 1.87. The number of nitrogens with zero attached hydrogens (tertiary/aromatic N) is 7. The van der Waals surface area contributed by atoms with Gasteiger partial charge in [-0.3, -0.25) is 14.5 Å². The van der Waals surface area contributed by atoms with Crippen LogP contribution in [-0.4, -0.2) is 79.1 Å². The molecule has 0 unspecified atom stereocenters. The summed E-state index contributed by atoms with van der Waals surface area (Å²) in [7, 11) is 2.10. The minimum absolute atomic E-state index is 0.0127. The van der Waals surface area contributed by atoms with Crippen molar-refractivity contribution in [1.29, 1.82) is 0 Å². The Hall–Kier alpha value is -4.64. The Labute approximate surface area is 250 Å². The van der Waals surface area contributed by atoms with Gasteiger partial charge in [-0.2, -0.15) is 5.10 Å². The van der Waals surface area contributed by atoms with Crippen LogP contribution in [0.25, 0.3) is 22.3 Å². The van der Waals surface area contributed by atoms with E-state index in [1.54, 1.807) is 24.4 Å². The molecule has 11 heteroatoms. The number of benzene rings is 1. The van der Waals surface area contributed by atoms with Gasteiger partial charge in [-0.25, -0.2) is 19.6 Å². The molecule has 1 atom stereocenters. The third kappa shape index (κ3) is 6.26. The third-order valence-corrected chi connectivity index (χ3v) is 8.19. The third-order valence-electron chi connectivity index (χ3n) is 8.19. The molecule has 1 aromatic carbocycles. The fourth-order valence-electron chi connectivity index (χ4n) is 5.64. The van der Waals surface area contributed by atoms with Gasteiger partial charge in [-0.05, 0) is 62.6 Å². The molecule has 1 saturated heterocycles. The van der Waals surface area contributed by atoms with Gasteiger partial charge >= 0.3 is 0 Å². The summed E-state index contributed by atoms with van der Waals surface area (Å²) in [5.74, 6) is 0.633. The Morgan fingerprint density at radius 1 is 1.12 bits per heavy atom. The van der Waals surface area contributed by atoms with E-state index in [2.05, 4.69) is 39.1 Å². The highest BCUT2D eigenvalue weighted by Crippen LogP contribution is 2.34. The lowest BCUT2D eigenvalue weighted by atomic mass is 10.1. The summed E-state index contributed by atoms with van der Waals surface area (Å²) in [6.07, 6.45) is 12.0. The summed E-state index contributed by atoms with van der Waals surface area (Å²) in [5.41, 5.74) is 10.0. The van der Waals surface area contributed by atoms with E-state index in [0.717, 1.165) is 36.9 Å². The number of nitrogens with one attached hydrogen (secondary N) is 1. The molecule has 3 N–H and O–H groups in total. The Morgan fingerprint density at radius 2 is 1.93 bits per heavy atom. The second-order valence-corrected chi connectivity index (χ2v) is 11.4. The molecular weight excluding hydrogens is 542 g/mol. The maximum atomic E-state index is 12.9. The zero-order valence-corrected chi connectivity index (χ0v) is 24.6. The summed E-state index contributed by atoms with van der Waals surface area (Å²) in [5, 5.41) is 8.48. The number of hydrogen-bond acceptors (Lipinski definition) is 8. The van der Waals surface area contributed by atoms with Gasteiger partial charge in [0.1, 0.15) is 23.7 Å². The molecule has 0 bridgehead atoms. The number of hydrogen-bond donors (Lipinski definition) is 2. The van der Waals surface area contributed by atoms with Crippen molar-refractivity contribution >= 4 is 34.5 Å². The van der Waals surface area contributed by atoms with E-state index in [0.29, 0.717) is 53.1 Å². The Kier molecular flexibility index (Phi) is 8.15. The monoisotopic (exact) mass is 579 g/mol. The summed E-state index contributed by atoms with van der Waals surface area (Å²) in [6.45, 7) is 4.07. The van der Waals surface area contributed by atoms with E-state index >= 15 is 0 Å². The van der Waals surface area contributed by atoms with Gasteiger partial charge in [-0.15, -0.1) is 0 Å². The first-order chi connectivity index (χ1) is 20.9. The van der Waals surface area contributed by atoms with Crippen LogP contribution in [0.1, 0.15) is 54.6 Å². The van der Waals surface area contributed by atoms with Crippen molar-refractivity contribution in [3.63, 3.8) is 0 Å². The zero-order chi connectivity index (χ0) is 29.9. The number of fused-ring (bicyclic) bond motifs is 1. The molecule has 0 radical (unpaired) electrons. The van der Waals surface area contributed by atoms with Gasteiger partial charge in [-0.1, -0.05) is 31.6 Å². The largest absolute Gasteiger partial charge is 0.383 e. The van der Waals surface area contributed by atoms with Crippen molar-refractivity contribution in [1.82, 2.24) is 34.5 Å². The average molecular weight is 580 g/mol. The van der Waals surface area contributed by atoms with Crippen LogP contribution in [0.2, 0.25) is 0 Å². The SMILES string of the molecule is CCCc1ccnc(NC(=O)c2ccc(-c3nn([C@@H]4CCN(C(=O)C=CCN(C)C5CC5)C4)c4ncnc(N)c34)cc2)c1. The van der Waals surface area contributed by atoms with Crippen LogP contribution in [0.3, 0.4) is 0 Å². The number of amides is 2. The number of pyridine rings is 1. The van der Waals surface area contributed by atoms with E-state index in [-0.39, 0.29) is 17.9 Å². The van der Waals surface area contributed by atoms with Gasteiger partial charge in [0.2, 0.25) is 5.91 Å². The number of aromatic nitrogens is 5. The predicted molar refractivity (Wildman–Crippen MR) is 166 cm³/mol. The second-order valence-electron chi connectivity index (χ2n) is 11.4. The van der Waals surface area contributed by atoms with Crippen LogP contribution in [0.15, 0.2) is 61.1 Å². The first kappa shape index (κ1) is 28.5. The Balaban J connectivity index is 1.18. The van der Waals surface area contributed by atoms with Gasteiger partial charge in [0, 0.05) is 49.1 Å². The molecule has 222 valence electrons. The smallest absolute Gasteiger partial charge is 0.256 e. The van der Waals surface area contributed by atoms with Crippen LogP contribution in [0.5, 0.6) is 0 Å². The molecule has 3 aromatic heterocycles. The number of rotatable bonds is 10. The first-order valence-corrected chi connectivity index (χ1v) is 14.9. The van der Waals surface area contributed by atoms with Crippen LogP contribution >= 0.6 is 0 Å². The number of carbonyl (C=O) groups is 2. The van der Waals surface area contributed by atoms with Crippen LogP contribution in [-0.2, 0) is 11.2 Å². The molecule has 43 heavy (non-hydrogen) atoms. The van der Waals surface area contributed by atoms with Gasteiger partial charge in [0.15, 0.2) is 5.65 Å². The highest BCUT2D eigenvalue weighted by Gasteiger charge is 2.30. The number of nitrogens with two attached hydrogens (primary N) is 1. The van der Waals surface area contributed by atoms with Crippen LogP contribution in [0, 0.1) is 0 Å².